The molecule has 3 fully saturated rings. The van der Waals surface area contributed by atoms with E-state index in [1.165, 1.54) is 4.90 Å². The molecular weight excluding hydrogens is 769 g/mol. The summed E-state index contributed by atoms with van der Waals surface area (Å²) in [4.78, 5) is 42.7. The van der Waals surface area contributed by atoms with Crippen molar-refractivity contribution in [2.75, 3.05) is 60.7 Å². The van der Waals surface area contributed by atoms with E-state index in [9.17, 15) is 19.5 Å². The van der Waals surface area contributed by atoms with Gasteiger partial charge in [-0.1, -0.05) is 41.4 Å². The van der Waals surface area contributed by atoms with Crippen LogP contribution in [-0.2, 0) is 32.1 Å². The molecule has 0 aromatic heterocycles. The first kappa shape index (κ1) is 42.6. The molecule has 57 heavy (non-hydrogen) atoms. The molecule has 3 aromatic rings. The number of hydrogen-bond acceptors (Lipinski definition) is 8. The fourth-order valence-corrected chi connectivity index (χ4v) is 8.59. The first-order valence-electron chi connectivity index (χ1n) is 19.9. The first-order valence-corrected chi connectivity index (χ1v) is 20.6. The summed E-state index contributed by atoms with van der Waals surface area (Å²) in [5, 5.41) is 14.4. The number of nitrogens with zero attached hydrogens (tertiary/aromatic N) is 2. The number of ether oxygens (including phenoxy) is 4. The van der Waals surface area contributed by atoms with Crippen LogP contribution in [-0.4, -0.2) is 99.5 Å². The molecule has 1 heterocycles. The zero-order valence-electron chi connectivity index (χ0n) is 33.4. The van der Waals surface area contributed by atoms with Gasteiger partial charge in [-0.25, -0.2) is 0 Å². The summed E-state index contributed by atoms with van der Waals surface area (Å²) >= 11 is 12.6. The monoisotopic (exact) mass is 823 g/mol. The lowest BCUT2D eigenvalue weighted by Gasteiger charge is -2.36. The molecule has 6 rings (SSSR count). The van der Waals surface area contributed by atoms with Crippen molar-refractivity contribution < 1.29 is 38.4 Å². The average molecular weight is 825 g/mol. The molecule has 2 aliphatic carbocycles. The van der Waals surface area contributed by atoms with Gasteiger partial charge in [-0.3, -0.25) is 14.4 Å². The topological polar surface area (TPSA) is 127 Å². The number of nitrogens with one attached hydrogen (secondary N) is 1. The average Bonchev–Trinajstić information content (AvgIpc) is 4.12. The van der Waals surface area contributed by atoms with Crippen molar-refractivity contribution in [3.8, 4) is 17.2 Å². The summed E-state index contributed by atoms with van der Waals surface area (Å²) in [6, 6.07) is 17.9. The number of aryl methyl sites for hydroxylation is 2. The zero-order chi connectivity index (χ0) is 40.7. The number of hydrogen-bond donors (Lipinski definition) is 2. The highest BCUT2D eigenvalue weighted by molar-refractivity contribution is 6.37. The number of halogens is 2. The maximum Gasteiger partial charge on any atom is 0.310 e. The van der Waals surface area contributed by atoms with Crippen LogP contribution < -0.4 is 19.5 Å². The van der Waals surface area contributed by atoms with Gasteiger partial charge in [-0.05, 0) is 117 Å². The normalized spacial score (nSPS) is 21.4. The molecule has 2 saturated carbocycles. The number of piperidine rings is 1. The minimum atomic E-state index is -1.10. The Bertz CT molecular complexity index is 1860. The van der Waals surface area contributed by atoms with Crippen molar-refractivity contribution in [1.29, 1.82) is 0 Å². The van der Waals surface area contributed by atoms with E-state index in [0.29, 0.717) is 60.0 Å². The summed E-state index contributed by atoms with van der Waals surface area (Å²) in [7, 11) is 4.96. The molecule has 4 atom stereocenters. The number of carboxylic acid groups (broad SMARTS) is 1. The van der Waals surface area contributed by atoms with E-state index in [1.54, 1.807) is 21.2 Å². The van der Waals surface area contributed by atoms with Crippen molar-refractivity contribution in [3.63, 3.8) is 0 Å². The third kappa shape index (κ3) is 10.9. The zero-order valence-corrected chi connectivity index (χ0v) is 34.9. The molecule has 0 unspecified atom stereocenters. The minimum absolute atomic E-state index is 0.0460. The Morgan fingerprint density at radius 3 is 2.26 bits per heavy atom. The van der Waals surface area contributed by atoms with Gasteiger partial charge in [0.15, 0.2) is 5.75 Å². The fraction of sp³-hybridized carbons (Fsp3) is 0.523. The van der Waals surface area contributed by atoms with Crippen LogP contribution >= 0.6 is 23.2 Å². The molecule has 11 nitrogen and oxygen atoms in total. The van der Waals surface area contributed by atoms with E-state index < -0.39 is 11.4 Å². The van der Waals surface area contributed by atoms with Gasteiger partial charge in [0.05, 0.1) is 28.0 Å². The summed E-state index contributed by atoms with van der Waals surface area (Å²) in [5.41, 5.74) is 3.00. The maximum atomic E-state index is 14.6. The van der Waals surface area contributed by atoms with Crippen LogP contribution in [0.1, 0.15) is 66.7 Å². The van der Waals surface area contributed by atoms with Gasteiger partial charge in [0, 0.05) is 59.3 Å². The van der Waals surface area contributed by atoms with E-state index >= 15 is 0 Å². The molecule has 0 radical (unpaired) electrons. The molecule has 2 N–H and O–H groups in total. The highest BCUT2D eigenvalue weighted by Gasteiger charge is 2.61. The first-order chi connectivity index (χ1) is 27.4. The lowest BCUT2D eigenvalue weighted by molar-refractivity contribution is -0.148. The summed E-state index contributed by atoms with van der Waals surface area (Å²) in [6.45, 7) is 5.21. The number of benzene rings is 3. The van der Waals surface area contributed by atoms with Crippen molar-refractivity contribution in [3.05, 3.63) is 86.9 Å². The third-order valence-corrected chi connectivity index (χ3v) is 11.9. The predicted molar refractivity (Wildman–Crippen MR) is 220 cm³/mol. The van der Waals surface area contributed by atoms with Gasteiger partial charge in [-0.2, -0.15) is 0 Å². The standard InChI is InChI=1S/C44H55Cl2N3O8/c1-28-18-38(45)41(39(46)19-28)56-17-16-55-34-11-7-31(8-12-34)36-13-14-47-25-37(36)42(51)49(33-9-10-33)26-30-20-29(6-5-15-54-4)21-35(22-30)57-27-32-23-44(32,43(52)53)24-40(50)48(2)3/h7-8,11-12,18-22,32-33,36-37,47H,5-6,9-10,13-17,23-27H2,1-4H3,(H,52,53)/t32-,36+,37-,44+/m0/s1. The molecule has 1 saturated heterocycles. The highest BCUT2D eigenvalue weighted by Crippen LogP contribution is 2.56. The quantitative estimate of drug-likeness (QED) is 0.114. The molecule has 1 aliphatic heterocycles. The van der Waals surface area contributed by atoms with E-state index in [2.05, 4.69) is 28.4 Å². The molecule has 3 aromatic carbocycles. The number of carboxylic acids is 1. The number of aliphatic carboxylic acids is 1. The smallest absolute Gasteiger partial charge is 0.310 e. The molecule has 13 heteroatoms. The molecule has 2 amide bonds. The van der Waals surface area contributed by atoms with Crippen LogP contribution in [0.25, 0.3) is 0 Å². The summed E-state index contributed by atoms with van der Waals surface area (Å²) < 4.78 is 23.4. The molecule has 308 valence electrons. The van der Waals surface area contributed by atoms with E-state index in [0.717, 1.165) is 60.9 Å². The highest BCUT2D eigenvalue weighted by atomic mass is 35.5. The van der Waals surface area contributed by atoms with Crippen LogP contribution in [0.15, 0.2) is 54.6 Å². The van der Waals surface area contributed by atoms with Crippen LogP contribution in [0.3, 0.4) is 0 Å². The van der Waals surface area contributed by atoms with Gasteiger partial charge in [-0.15, -0.1) is 0 Å². The summed E-state index contributed by atoms with van der Waals surface area (Å²) in [5.74, 6) is 0.324. The van der Waals surface area contributed by atoms with Crippen molar-refractivity contribution in [2.24, 2.45) is 17.3 Å². The Balaban J connectivity index is 1.11. The van der Waals surface area contributed by atoms with Crippen LogP contribution in [0.5, 0.6) is 17.2 Å². The molecule has 0 spiro atoms. The number of amides is 2. The fourth-order valence-electron chi connectivity index (χ4n) is 7.89. The van der Waals surface area contributed by atoms with Gasteiger partial charge >= 0.3 is 5.97 Å². The summed E-state index contributed by atoms with van der Waals surface area (Å²) in [6.07, 6.45) is 4.72. The van der Waals surface area contributed by atoms with Crippen LogP contribution in [0.4, 0.5) is 0 Å². The molecule has 3 aliphatic rings. The number of carbonyl (C=O) groups is 3. The van der Waals surface area contributed by atoms with Crippen molar-refractivity contribution in [2.45, 2.75) is 70.4 Å². The SMILES string of the molecule is COCCCc1cc(CN(C(=O)[C@H]2CNCC[C@@H]2c2ccc(OCCOc3c(Cl)cc(C)cc3Cl)cc2)C2CC2)cc(OC[C@@H]2C[C@]2(CC(=O)N(C)C)C(=O)O)c1. The van der Waals surface area contributed by atoms with Gasteiger partial charge in [0.25, 0.3) is 0 Å². The van der Waals surface area contributed by atoms with Gasteiger partial charge < -0.3 is 39.2 Å². The van der Waals surface area contributed by atoms with Gasteiger partial charge in [0.2, 0.25) is 11.8 Å². The maximum absolute atomic E-state index is 14.6. The van der Waals surface area contributed by atoms with E-state index in [-0.39, 0.29) is 55.2 Å². The van der Waals surface area contributed by atoms with Crippen molar-refractivity contribution >= 4 is 41.0 Å². The Morgan fingerprint density at radius 2 is 1.60 bits per heavy atom. The van der Waals surface area contributed by atoms with Crippen LogP contribution in [0.2, 0.25) is 10.0 Å². The van der Waals surface area contributed by atoms with Gasteiger partial charge in [0.1, 0.15) is 24.7 Å². The Hall–Kier alpha value is -4.03. The third-order valence-electron chi connectivity index (χ3n) is 11.4. The van der Waals surface area contributed by atoms with E-state index in [1.807, 2.05) is 43.3 Å². The molecular formula is C44H55Cl2N3O8. The van der Waals surface area contributed by atoms with Crippen LogP contribution in [0, 0.1) is 24.2 Å². The Kier molecular flexibility index (Phi) is 14.3. The lowest BCUT2D eigenvalue weighted by Crippen LogP contribution is -2.47. The number of rotatable bonds is 20. The Labute approximate surface area is 345 Å². The second kappa shape index (κ2) is 19.1. The second-order valence-corrected chi connectivity index (χ2v) is 16.8. The predicted octanol–water partition coefficient (Wildman–Crippen LogP) is 7.17. The minimum Gasteiger partial charge on any atom is -0.493 e. The number of carbonyl (C=O) groups excluding carboxylic acids is 2. The Morgan fingerprint density at radius 1 is 0.895 bits per heavy atom. The second-order valence-electron chi connectivity index (χ2n) is 15.9. The number of methoxy groups -OCH3 is 1. The largest absolute Gasteiger partial charge is 0.493 e. The lowest BCUT2D eigenvalue weighted by atomic mass is 9.80. The molecule has 0 bridgehead atoms. The van der Waals surface area contributed by atoms with Crippen molar-refractivity contribution in [1.82, 2.24) is 15.1 Å². The van der Waals surface area contributed by atoms with E-state index in [4.69, 9.17) is 42.1 Å².